The van der Waals surface area contributed by atoms with Gasteiger partial charge in [-0.2, -0.15) is 10.4 Å². The van der Waals surface area contributed by atoms with Gasteiger partial charge in [0.25, 0.3) is 0 Å². The van der Waals surface area contributed by atoms with Crippen LogP contribution in [0.15, 0.2) is 84.8 Å². The van der Waals surface area contributed by atoms with Crippen LogP contribution in [0.5, 0.6) is 0 Å². The van der Waals surface area contributed by atoms with Crippen LogP contribution in [0.1, 0.15) is 64.7 Å². The summed E-state index contributed by atoms with van der Waals surface area (Å²) in [5.74, 6) is -2.15. The molecule has 6 rings (SSSR count). The molecule has 252 valence electrons. The molecular formula is C37H36F2N6O3S. The molecule has 1 fully saturated rings. The van der Waals surface area contributed by atoms with E-state index in [-0.39, 0.29) is 12.1 Å². The number of piperidine rings is 1. The molecule has 0 saturated carbocycles. The molecule has 3 heterocycles. The highest BCUT2D eigenvalue weighted by Crippen LogP contribution is 2.44. The van der Waals surface area contributed by atoms with E-state index in [9.17, 15) is 14.4 Å². The predicted octanol–water partition coefficient (Wildman–Crippen LogP) is 7.31. The summed E-state index contributed by atoms with van der Waals surface area (Å²) >= 11 is 1.35. The van der Waals surface area contributed by atoms with Crippen molar-refractivity contribution < 1.29 is 23.0 Å². The zero-order valence-electron chi connectivity index (χ0n) is 27.3. The number of hydrogen-bond donors (Lipinski definition) is 0. The van der Waals surface area contributed by atoms with Gasteiger partial charge in [0.15, 0.2) is 6.79 Å². The maximum Gasteiger partial charge on any atom is 0.340 e. The maximum atomic E-state index is 15.7. The van der Waals surface area contributed by atoms with Crippen LogP contribution >= 0.6 is 11.3 Å². The number of thiazole rings is 1. The number of esters is 1. The van der Waals surface area contributed by atoms with E-state index in [2.05, 4.69) is 28.0 Å². The van der Waals surface area contributed by atoms with Crippen molar-refractivity contribution in [1.29, 1.82) is 5.26 Å². The Morgan fingerprint density at radius 2 is 1.94 bits per heavy atom. The first-order valence-electron chi connectivity index (χ1n) is 16.1. The summed E-state index contributed by atoms with van der Waals surface area (Å²) in [5, 5.41) is 15.9. The summed E-state index contributed by atoms with van der Waals surface area (Å²) in [6.45, 7) is 6.45. The highest BCUT2D eigenvalue weighted by Gasteiger charge is 2.45. The van der Waals surface area contributed by atoms with Crippen molar-refractivity contribution in [3.8, 4) is 17.3 Å². The van der Waals surface area contributed by atoms with Crippen molar-refractivity contribution in [2.45, 2.75) is 51.3 Å². The number of ether oxygens (including phenoxy) is 2. The number of halogens is 2. The van der Waals surface area contributed by atoms with Crippen LogP contribution in [0.25, 0.3) is 11.3 Å². The van der Waals surface area contributed by atoms with E-state index < -0.39 is 35.9 Å². The minimum absolute atomic E-state index is 0.0412. The topological polar surface area (TPSA) is 106 Å². The Bertz CT molecular complexity index is 1910. The summed E-state index contributed by atoms with van der Waals surface area (Å²) in [4.78, 5) is 24.5. The molecule has 0 aliphatic carbocycles. The third-order valence-electron chi connectivity index (χ3n) is 9.00. The normalized spacial score (nSPS) is 16.8. The van der Waals surface area contributed by atoms with Gasteiger partial charge in [-0.05, 0) is 61.2 Å². The smallest absolute Gasteiger partial charge is 0.340 e. The van der Waals surface area contributed by atoms with Gasteiger partial charge in [-0.3, -0.25) is 4.90 Å². The Kier molecular flexibility index (Phi) is 10.5. The monoisotopic (exact) mass is 682 g/mol. The second-order valence-corrected chi connectivity index (χ2v) is 13.4. The number of nitrogens with zero attached hydrogens (tertiary/aromatic N) is 6. The fraction of sp³-hybridized carbons (Fsp3) is 0.324. The van der Waals surface area contributed by atoms with E-state index in [1.165, 1.54) is 47.6 Å². The fourth-order valence-electron chi connectivity index (χ4n) is 6.33. The van der Waals surface area contributed by atoms with Crippen LogP contribution < -0.4 is 0 Å². The molecule has 3 aromatic carbocycles. The summed E-state index contributed by atoms with van der Waals surface area (Å²) in [6, 6.07) is 19.7. The van der Waals surface area contributed by atoms with Crippen LogP contribution in [0.2, 0.25) is 0 Å². The lowest BCUT2D eigenvalue weighted by atomic mass is 9.81. The van der Waals surface area contributed by atoms with Crippen LogP contribution in [0.3, 0.4) is 0 Å². The molecule has 1 aliphatic rings. The first-order chi connectivity index (χ1) is 23.7. The molecule has 0 bridgehead atoms. The first kappa shape index (κ1) is 34.0. The Morgan fingerprint density at radius 3 is 2.63 bits per heavy atom. The van der Waals surface area contributed by atoms with E-state index in [0.29, 0.717) is 27.7 Å². The number of carbonyl (C=O) groups excluding carboxylic acids is 1. The standard InChI is InChI=1S/C37H36F2N6O3S/c1-25-4-3-15-44(18-25)19-28-7-11-30(12-8-28)36(46)47-24-48-37(21-45-23-41-22-42-45,32-14-13-31(38)16-33(32)39)26(2)35-43-34(20-49-35)29-9-5-27(17-40)6-10-29/h5-14,16,20,22-23,25-26H,3-4,15,18-19,21,24H2,1-2H3/t25?,26-,37+/m0/s1. The van der Waals surface area contributed by atoms with Gasteiger partial charge < -0.3 is 9.47 Å². The van der Waals surface area contributed by atoms with Crippen LogP contribution in [-0.2, 0) is 28.2 Å². The van der Waals surface area contributed by atoms with Gasteiger partial charge in [0, 0.05) is 41.6 Å². The molecule has 0 spiro atoms. The minimum Gasteiger partial charge on any atom is -0.435 e. The lowest BCUT2D eigenvalue weighted by Crippen LogP contribution is -2.42. The zero-order valence-corrected chi connectivity index (χ0v) is 28.1. The molecule has 0 amide bonds. The Labute approximate surface area is 287 Å². The molecule has 1 saturated heterocycles. The van der Waals surface area contributed by atoms with Gasteiger partial charge in [0.2, 0.25) is 0 Å². The Balaban J connectivity index is 1.26. The molecule has 5 aromatic rings. The van der Waals surface area contributed by atoms with Crippen molar-refractivity contribution in [2.24, 2.45) is 5.92 Å². The Morgan fingerprint density at radius 1 is 1.14 bits per heavy atom. The van der Waals surface area contributed by atoms with Crippen LogP contribution in [0.4, 0.5) is 8.78 Å². The van der Waals surface area contributed by atoms with Crippen LogP contribution in [0, 0.1) is 28.9 Å². The average Bonchev–Trinajstić information content (AvgIpc) is 3.81. The molecule has 0 radical (unpaired) electrons. The summed E-state index contributed by atoms with van der Waals surface area (Å²) < 4.78 is 43.5. The molecule has 3 atom stereocenters. The lowest BCUT2D eigenvalue weighted by molar-refractivity contribution is -0.148. The molecule has 1 aliphatic heterocycles. The third kappa shape index (κ3) is 7.91. The van der Waals surface area contributed by atoms with E-state index >= 15 is 4.39 Å². The maximum absolute atomic E-state index is 15.7. The van der Waals surface area contributed by atoms with Gasteiger partial charge in [0.1, 0.15) is 29.9 Å². The largest absolute Gasteiger partial charge is 0.435 e. The highest BCUT2D eigenvalue weighted by molar-refractivity contribution is 7.10. The molecule has 12 heteroatoms. The molecular weight excluding hydrogens is 647 g/mol. The number of rotatable bonds is 12. The number of benzene rings is 3. The van der Waals surface area contributed by atoms with E-state index in [1.807, 2.05) is 24.4 Å². The number of likely N-dealkylation sites (tertiary alicyclic amines) is 1. The SMILES string of the molecule is CC1CCCN(Cc2ccc(C(=O)OCO[C@@](Cn3cncn3)(c3ccc(F)cc3F)[C@@H](C)c3nc(-c4ccc(C#N)cc4)cs3)cc2)C1. The summed E-state index contributed by atoms with van der Waals surface area (Å²) in [6.07, 6.45) is 5.25. The van der Waals surface area contributed by atoms with Crippen molar-refractivity contribution in [3.05, 3.63) is 124 Å². The number of carbonyl (C=O) groups is 1. The van der Waals surface area contributed by atoms with Crippen LogP contribution in [-0.4, -0.2) is 50.5 Å². The van der Waals surface area contributed by atoms with E-state index in [1.54, 1.807) is 36.4 Å². The van der Waals surface area contributed by atoms with E-state index in [4.69, 9.17) is 14.5 Å². The minimum atomic E-state index is -1.57. The fourth-order valence-corrected chi connectivity index (χ4v) is 7.30. The van der Waals surface area contributed by atoms with Gasteiger partial charge in [-0.15, -0.1) is 11.3 Å². The van der Waals surface area contributed by atoms with Gasteiger partial charge in [0.05, 0.1) is 34.4 Å². The molecule has 1 unspecified atom stereocenters. The van der Waals surface area contributed by atoms with Crippen molar-refractivity contribution in [3.63, 3.8) is 0 Å². The zero-order chi connectivity index (χ0) is 34.4. The van der Waals surface area contributed by atoms with Gasteiger partial charge >= 0.3 is 5.97 Å². The highest BCUT2D eigenvalue weighted by atomic mass is 32.1. The van der Waals surface area contributed by atoms with Gasteiger partial charge in [-0.25, -0.2) is 28.2 Å². The average molecular weight is 683 g/mol. The predicted molar refractivity (Wildman–Crippen MR) is 180 cm³/mol. The molecule has 9 nitrogen and oxygen atoms in total. The lowest BCUT2D eigenvalue weighted by Gasteiger charge is -2.38. The molecule has 49 heavy (non-hydrogen) atoms. The number of hydrogen-bond acceptors (Lipinski definition) is 9. The molecule has 2 aromatic heterocycles. The second kappa shape index (κ2) is 15.2. The summed E-state index contributed by atoms with van der Waals surface area (Å²) in [7, 11) is 0. The van der Waals surface area contributed by atoms with Gasteiger partial charge in [-0.1, -0.05) is 44.2 Å². The van der Waals surface area contributed by atoms with Crippen molar-refractivity contribution in [2.75, 3.05) is 19.9 Å². The third-order valence-corrected chi connectivity index (χ3v) is 10.0. The van der Waals surface area contributed by atoms with Crippen molar-refractivity contribution in [1.82, 2.24) is 24.6 Å². The first-order valence-corrected chi connectivity index (χ1v) is 17.0. The number of aromatic nitrogens is 4. The number of nitriles is 1. The second-order valence-electron chi connectivity index (χ2n) is 12.5. The van der Waals surface area contributed by atoms with Crippen molar-refractivity contribution >= 4 is 17.3 Å². The molecule has 0 N–H and O–H groups in total. The quantitative estimate of drug-likeness (QED) is 0.0997. The van der Waals surface area contributed by atoms with E-state index in [0.717, 1.165) is 42.9 Å². The summed E-state index contributed by atoms with van der Waals surface area (Å²) in [5.41, 5.74) is 1.93. The Hall–Kier alpha value is -4.83.